The van der Waals surface area contributed by atoms with Gasteiger partial charge in [0.25, 0.3) is 0 Å². The average molecular weight is 243 g/mol. The molecule has 1 atom stereocenters. The third-order valence-electron chi connectivity index (χ3n) is 2.25. The first-order valence-corrected chi connectivity index (χ1v) is 5.04. The van der Waals surface area contributed by atoms with Crippen LogP contribution in [0.25, 0.3) is 0 Å². The number of hydrogen-bond acceptors (Lipinski definition) is 2. The molecule has 0 saturated carbocycles. The molecule has 0 radical (unpaired) electrons. The number of halogens is 1. The fraction of sp³-hybridized carbons (Fsp3) is 0.273. The van der Waals surface area contributed by atoms with Gasteiger partial charge >= 0.3 is 11.9 Å². The molecular formula is C11H11ClO4. The van der Waals surface area contributed by atoms with Crippen molar-refractivity contribution < 1.29 is 19.8 Å². The molecule has 0 aromatic heterocycles. The van der Waals surface area contributed by atoms with E-state index in [4.69, 9.17) is 21.8 Å². The second-order valence-corrected chi connectivity index (χ2v) is 3.99. The van der Waals surface area contributed by atoms with Crippen molar-refractivity contribution in [3.63, 3.8) is 0 Å². The molecule has 1 aromatic carbocycles. The lowest BCUT2D eigenvalue weighted by Gasteiger charge is -2.09. The summed E-state index contributed by atoms with van der Waals surface area (Å²) in [5.41, 5.74) is 0.535. The van der Waals surface area contributed by atoms with Gasteiger partial charge in [-0.3, -0.25) is 4.79 Å². The molecular weight excluding hydrogens is 232 g/mol. The Hall–Kier alpha value is -1.55. The lowest BCUT2D eigenvalue weighted by atomic mass is 9.97. The number of carboxylic acids is 2. The second kappa shape index (κ2) is 4.99. The van der Waals surface area contributed by atoms with E-state index >= 15 is 0 Å². The van der Waals surface area contributed by atoms with E-state index in [-0.39, 0.29) is 12.0 Å². The summed E-state index contributed by atoms with van der Waals surface area (Å²) in [6, 6.07) is 4.43. The van der Waals surface area contributed by atoms with E-state index in [0.717, 1.165) is 0 Å². The molecule has 0 aliphatic rings. The molecule has 0 heterocycles. The van der Waals surface area contributed by atoms with E-state index in [1.165, 1.54) is 13.0 Å². The highest BCUT2D eigenvalue weighted by molar-refractivity contribution is 6.30. The molecule has 1 rings (SSSR count). The number of carboxylic acid groups (broad SMARTS) is 2. The molecule has 0 aliphatic carbocycles. The molecule has 5 heteroatoms. The van der Waals surface area contributed by atoms with Crippen molar-refractivity contribution in [3.8, 4) is 0 Å². The van der Waals surface area contributed by atoms with Gasteiger partial charge in [0.05, 0.1) is 11.5 Å². The largest absolute Gasteiger partial charge is 0.481 e. The zero-order chi connectivity index (χ0) is 12.3. The number of aromatic carboxylic acids is 1. The van der Waals surface area contributed by atoms with Crippen LogP contribution in [0.15, 0.2) is 18.2 Å². The van der Waals surface area contributed by atoms with Gasteiger partial charge in [-0.2, -0.15) is 0 Å². The predicted molar refractivity (Wildman–Crippen MR) is 58.9 cm³/mol. The topological polar surface area (TPSA) is 74.6 Å². The molecule has 1 aromatic rings. The summed E-state index contributed by atoms with van der Waals surface area (Å²) in [5, 5.41) is 18.0. The smallest absolute Gasteiger partial charge is 0.336 e. The predicted octanol–water partition coefficient (Wildman–Crippen LogP) is 2.30. The van der Waals surface area contributed by atoms with E-state index < -0.39 is 17.9 Å². The molecule has 4 nitrogen and oxygen atoms in total. The molecule has 0 spiro atoms. The van der Waals surface area contributed by atoms with Crippen molar-refractivity contribution in [1.29, 1.82) is 0 Å². The summed E-state index contributed by atoms with van der Waals surface area (Å²) in [6.45, 7) is 1.53. The first-order chi connectivity index (χ1) is 7.41. The summed E-state index contributed by atoms with van der Waals surface area (Å²) < 4.78 is 0. The van der Waals surface area contributed by atoms with Crippen LogP contribution in [0.1, 0.15) is 22.8 Å². The van der Waals surface area contributed by atoms with Crippen LogP contribution in [0.3, 0.4) is 0 Å². The van der Waals surface area contributed by atoms with E-state index in [2.05, 4.69) is 0 Å². The Morgan fingerprint density at radius 1 is 1.38 bits per heavy atom. The number of aliphatic carboxylic acids is 1. The van der Waals surface area contributed by atoms with Gasteiger partial charge in [0.2, 0.25) is 0 Å². The van der Waals surface area contributed by atoms with Crippen LogP contribution < -0.4 is 0 Å². The Bertz CT molecular complexity index is 428. The lowest BCUT2D eigenvalue weighted by Crippen LogP contribution is -2.14. The van der Waals surface area contributed by atoms with Crippen LogP contribution in [0.5, 0.6) is 0 Å². The monoisotopic (exact) mass is 242 g/mol. The van der Waals surface area contributed by atoms with E-state index in [1.807, 2.05) is 0 Å². The first kappa shape index (κ1) is 12.5. The highest BCUT2D eigenvalue weighted by atomic mass is 35.5. The Morgan fingerprint density at radius 2 is 2.00 bits per heavy atom. The van der Waals surface area contributed by atoms with Gasteiger partial charge in [-0.05, 0) is 24.1 Å². The highest BCUT2D eigenvalue weighted by Crippen LogP contribution is 2.19. The van der Waals surface area contributed by atoms with Crippen LogP contribution in [0, 0.1) is 5.92 Å². The Morgan fingerprint density at radius 3 is 2.50 bits per heavy atom. The Kier molecular flexibility index (Phi) is 3.90. The molecule has 2 N–H and O–H groups in total. The van der Waals surface area contributed by atoms with Crippen molar-refractivity contribution in [2.45, 2.75) is 13.3 Å². The fourth-order valence-corrected chi connectivity index (χ4v) is 1.52. The van der Waals surface area contributed by atoms with Crippen LogP contribution in [0.2, 0.25) is 5.02 Å². The van der Waals surface area contributed by atoms with Crippen molar-refractivity contribution >= 4 is 23.5 Å². The van der Waals surface area contributed by atoms with Gasteiger partial charge in [0.1, 0.15) is 0 Å². The summed E-state index contributed by atoms with van der Waals surface area (Å²) in [4.78, 5) is 21.6. The molecule has 0 aliphatic heterocycles. The van der Waals surface area contributed by atoms with Gasteiger partial charge in [0.15, 0.2) is 0 Å². The standard InChI is InChI=1S/C11H11ClO4/c1-6(10(13)14)4-7-2-3-8(12)5-9(7)11(15)16/h2-3,5-6H,4H2,1H3,(H,13,14)(H,15,16). The molecule has 0 amide bonds. The molecule has 16 heavy (non-hydrogen) atoms. The molecule has 0 bridgehead atoms. The third-order valence-corrected chi connectivity index (χ3v) is 2.49. The Labute approximate surface area is 97.5 Å². The number of hydrogen-bond donors (Lipinski definition) is 2. The van der Waals surface area contributed by atoms with Gasteiger partial charge in [-0.25, -0.2) is 4.79 Å². The van der Waals surface area contributed by atoms with Crippen LogP contribution >= 0.6 is 11.6 Å². The highest BCUT2D eigenvalue weighted by Gasteiger charge is 2.17. The third kappa shape index (κ3) is 2.97. The van der Waals surface area contributed by atoms with E-state index in [1.54, 1.807) is 12.1 Å². The lowest BCUT2D eigenvalue weighted by molar-refractivity contribution is -0.141. The van der Waals surface area contributed by atoms with E-state index in [0.29, 0.717) is 10.6 Å². The van der Waals surface area contributed by atoms with Gasteiger partial charge in [0, 0.05) is 5.02 Å². The minimum absolute atomic E-state index is 0.0561. The maximum absolute atomic E-state index is 10.9. The van der Waals surface area contributed by atoms with Crippen molar-refractivity contribution in [3.05, 3.63) is 34.3 Å². The summed E-state index contributed by atoms with van der Waals surface area (Å²) in [7, 11) is 0. The zero-order valence-electron chi connectivity index (χ0n) is 8.61. The molecule has 0 saturated heterocycles. The van der Waals surface area contributed by atoms with Crippen LogP contribution in [0.4, 0.5) is 0 Å². The minimum atomic E-state index is -1.10. The number of rotatable bonds is 4. The first-order valence-electron chi connectivity index (χ1n) is 4.66. The SMILES string of the molecule is CC(Cc1ccc(Cl)cc1C(=O)O)C(=O)O. The van der Waals surface area contributed by atoms with Crippen molar-refractivity contribution in [2.24, 2.45) is 5.92 Å². The zero-order valence-corrected chi connectivity index (χ0v) is 9.36. The van der Waals surface area contributed by atoms with Crippen LogP contribution in [-0.4, -0.2) is 22.2 Å². The van der Waals surface area contributed by atoms with Gasteiger partial charge < -0.3 is 10.2 Å². The summed E-state index contributed by atoms with van der Waals surface area (Å²) in [6.07, 6.45) is 0.175. The van der Waals surface area contributed by atoms with Crippen LogP contribution in [-0.2, 0) is 11.2 Å². The quantitative estimate of drug-likeness (QED) is 0.850. The average Bonchev–Trinajstić information content (AvgIpc) is 2.20. The summed E-state index contributed by atoms with van der Waals surface area (Å²) >= 11 is 5.68. The molecule has 1 unspecified atom stereocenters. The van der Waals surface area contributed by atoms with Gasteiger partial charge in [-0.15, -0.1) is 0 Å². The minimum Gasteiger partial charge on any atom is -0.481 e. The van der Waals surface area contributed by atoms with Gasteiger partial charge in [-0.1, -0.05) is 24.6 Å². The number of benzene rings is 1. The summed E-state index contributed by atoms with van der Waals surface area (Å²) in [5.74, 6) is -2.68. The number of carbonyl (C=O) groups is 2. The fourth-order valence-electron chi connectivity index (χ4n) is 1.34. The maximum Gasteiger partial charge on any atom is 0.336 e. The van der Waals surface area contributed by atoms with Crippen molar-refractivity contribution in [2.75, 3.05) is 0 Å². The van der Waals surface area contributed by atoms with Crippen molar-refractivity contribution in [1.82, 2.24) is 0 Å². The normalized spacial score (nSPS) is 12.1. The Balaban J connectivity index is 3.04. The molecule has 0 fully saturated rings. The maximum atomic E-state index is 10.9. The molecule has 86 valence electrons. The van der Waals surface area contributed by atoms with E-state index in [9.17, 15) is 9.59 Å². The second-order valence-electron chi connectivity index (χ2n) is 3.55.